The van der Waals surface area contributed by atoms with Gasteiger partial charge in [0.15, 0.2) is 0 Å². The van der Waals surface area contributed by atoms with Gasteiger partial charge in [0.1, 0.15) is 0 Å². The van der Waals surface area contributed by atoms with Gasteiger partial charge in [-0.05, 0) is 89.0 Å². The number of rotatable bonds is 4. The standard InChI is InChI=1S/C54H33N3/c1-2-11-38(12-3-1)55-48-18-7-5-14-41(48)46-31-36(25-29-51(46)55)34-21-23-35(24-22-34)37-26-30-52-47(32-37)42-15-6-8-19-49(42)56(52)39-27-28-43-45-17-10-16-44-40-13-4-9-20-50(40)57(54(44)45)53(43)33-39/h1-33H. The molecule has 3 nitrogen and oxygen atoms in total. The molecule has 13 aromatic rings. The SMILES string of the molecule is c1ccc(-n2c3ccccc3c3cc(-c4ccc(-c5ccc6c(c5)c5ccccc5n6-c5ccc6c7cccc8c9ccccc9n(c6c5)c87)cc4)ccc32)cc1. The molecule has 0 bridgehead atoms. The summed E-state index contributed by atoms with van der Waals surface area (Å²) in [7, 11) is 0. The molecule has 0 saturated carbocycles. The lowest BCUT2D eigenvalue weighted by molar-refractivity contribution is 1.18. The Bertz CT molecular complexity index is 3730. The van der Waals surface area contributed by atoms with E-state index in [2.05, 4.69) is 214 Å². The lowest BCUT2D eigenvalue weighted by Gasteiger charge is -2.10. The Hall–Kier alpha value is -7.62. The van der Waals surface area contributed by atoms with Crippen molar-refractivity contribution in [2.75, 3.05) is 0 Å². The largest absolute Gasteiger partial charge is 0.309 e. The Morgan fingerprint density at radius 2 is 0.667 bits per heavy atom. The van der Waals surface area contributed by atoms with E-state index in [-0.39, 0.29) is 0 Å². The van der Waals surface area contributed by atoms with Crippen LogP contribution in [0, 0.1) is 0 Å². The number of hydrogen-bond donors (Lipinski definition) is 0. The lowest BCUT2D eigenvalue weighted by Crippen LogP contribution is -1.94. The highest BCUT2D eigenvalue weighted by atomic mass is 15.0. The van der Waals surface area contributed by atoms with Crippen LogP contribution >= 0.6 is 0 Å². The number of para-hydroxylation sites is 5. The molecule has 4 heterocycles. The summed E-state index contributed by atoms with van der Waals surface area (Å²) in [4.78, 5) is 0. The number of hydrogen-bond acceptors (Lipinski definition) is 0. The van der Waals surface area contributed by atoms with E-state index < -0.39 is 0 Å². The van der Waals surface area contributed by atoms with Crippen LogP contribution in [0.15, 0.2) is 200 Å². The van der Waals surface area contributed by atoms with Crippen LogP contribution in [0.25, 0.3) is 115 Å². The normalized spacial score (nSPS) is 12.2. The Balaban J connectivity index is 0.917. The minimum absolute atomic E-state index is 1.17. The smallest absolute Gasteiger partial charge is 0.0620 e. The topological polar surface area (TPSA) is 14.3 Å². The van der Waals surface area contributed by atoms with Crippen LogP contribution < -0.4 is 0 Å². The van der Waals surface area contributed by atoms with Crippen LogP contribution in [-0.4, -0.2) is 13.5 Å². The van der Waals surface area contributed by atoms with Crippen molar-refractivity contribution in [1.29, 1.82) is 0 Å². The van der Waals surface area contributed by atoms with Gasteiger partial charge < -0.3 is 13.5 Å². The molecule has 4 aromatic heterocycles. The predicted octanol–water partition coefficient (Wildman–Crippen LogP) is 14.4. The molecule has 0 aliphatic heterocycles. The van der Waals surface area contributed by atoms with Crippen molar-refractivity contribution in [2.45, 2.75) is 0 Å². The van der Waals surface area contributed by atoms with E-state index in [1.807, 2.05) is 0 Å². The van der Waals surface area contributed by atoms with Gasteiger partial charge in [-0.1, -0.05) is 133 Å². The lowest BCUT2D eigenvalue weighted by atomic mass is 9.98. The first-order chi connectivity index (χ1) is 28.3. The van der Waals surface area contributed by atoms with Gasteiger partial charge in [0.2, 0.25) is 0 Å². The molecular formula is C54H33N3. The molecule has 0 aliphatic rings. The fourth-order valence-corrected chi connectivity index (χ4v) is 9.85. The van der Waals surface area contributed by atoms with Crippen LogP contribution in [0.5, 0.6) is 0 Å². The molecule has 0 N–H and O–H groups in total. The van der Waals surface area contributed by atoms with E-state index in [1.54, 1.807) is 0 Å². The van der Waals surface area contributed by atoms with Crippen LogP contribution in [0.4, 0.5) is 0 Å². The summed E-state index contributed by atoms with van der Waals surface area (Å²) in [5.74, 6) is 0. The third-order valence-corrected chi connectivity index (χ3v) is 12.4. The van der Waals surface area contributed by atoms with Gasteiger partial charge in [-0.2, -0.15) is 0 Å². The fraction of sp³-hybridized carbons (Fsp3) is 0. The van der Waals surface area contributed by atoms with Crippen molar-refractivity contribution >= 4 is 81.7 Å². The Morgan fingerprint density at radius 3 is 1.26 bits per heavy atom. The first kappa shape index (κ1) is 30.7. The van der Waals surface area contributed by atoms with E-state index in [0.29, 0.717) is 0 Å². The third-order valence-electron chi connectivity index (χ3n) is 12.4. The van der Waals surface area contributed by atoms with Crippen molar-refractivity contribution in [2.24, 2.45) is 0 Å². The van der Waals surface area contributed by atoms with Crippen molar-refractivity contribution in [3.63, 3.8) is 0 Å². The Labute approximate surface area is 327 Å². The van der Waals surface area contributed by atoms with Crippen molar-refractivity contribution in [1.82, 2.24) is 13.5 Å². The van der Waals surface area contributed by atoms with Crippen molar-refractivity contribution < 1.29 is 0 Å². The van der Waals surface area contributed by atoms with Crippen LogP contribution in [0.2, 0.25) is 0 Å². The van der Waals surface area contributed by atoms with E-state index in [4.69, 9.17) is 0 Å². The zero-order valence-electron chi connectivity index (χ0n) is 30.9. The monoisotopic (exact) mass is 723 g/mol. The molecule has 0 amide bonds. The molecular weight excluding hydrogens is 691 g/mol. The molecule has 0 aliphatic carbocycles. The molecule has 264 valence electrons. The zero-order chi connectivity index (χ0) is 37.2. The van der Waals surface area contributed by atoms with E-state index in [9.17, 15) is 0 Å². The van der Waals surface area contributed by atoms with Gasteiger partial charge >= 0.3 is 0 Å². The summed E-state index contributed by atoms with van der Waals surface area (Å²) in [6.45, 7) is 0. The minimum Gasteiger partial charge on any atom is -0.309 e. The first-order valence-electron chi connectivity index (χ1n) is 19.7. The highest BCUT2D eigenvalue weighted by molar-refractivity contribution is 6.23. The fourth-order valence-electron chi connectivity index (χ4n) is 9.85. The maximum absolute atomic E-state index is 2.47. The van der Waals surface area contributed by atoms with Gasteiger partial charge in [-0.25, -0.2) is 0 Å². The molecule has 0 atom stereocenters. The number of fused-ring (bicyclic) bond motifs is 12. The predicted molar refractivity (Wildman–Crippen MR) is 241 cm³/mol. The molecule has 0 radical (unpaired) electrons. The quantitative estimate of drug-likeness (QED) is 0.172. The Kier molecular flexibility index (Phi) is 6.16. The van der Waals surface area contributed by atoms with Crippen LogP contribution in [-0.2, 0) is 0 Å². The maximum Gasteiger partial charge on any atom is 0.0620 e. The molecule has 3 heteroatoms. The summed E-state index contributed by atoms with van der Waals surface area (Å²) in [5.41, 5.74) is 15.8. The number of benzene rings is 9. The second kappa shape index (κ2) is 11.5. The van der Waals surface area contributed by atoms with Crippen LogP contribution in [0.1, 0.15) is 0 Å². The number of nitrogens with zero attached hydrogens (tertiary/aromatic N) is 3. The molecule has 9 aromatic carbocycles. The van der Waals surface area contributed by atoms with Gasteiger partial charge in [-0.15, -0.1) is 0 Å². The molecule has 0 unspecified atom stereocenters. The van der Waals surface area contributed by atoms with Gasteiger partial charge in [0.05, 0.1) is 38.6 Å². The molecule has 0 saturated heterocycles. The molecule has 0 fully saturated rings. The van der Waals surface area contributed by atoms with Gasteiger partial charge in [0.25, 0.3) is 0 Å². The van der Waals surface area contributed by atoms with Crippen molar-refractivity contribution in [3.8, 4) is 33.6 Å². The first-order valence-corrected chi connectivity index (χ1v) is 19.7. The number of aromatic nitrogens is 3. The summed E-state index contributed by atoms with van der Waals surface area (Å²) in [6, 6.07) is 73.6. The molecule has 13 rings (SSSR count). The average molecular weight is 724 g/mol. The Morgan fingerprint density at radius 1 is 0.228 bits per heavy atom. The van der Waals surface area contributed by atoms with E-state index in [1.165, 1.54) is 115 Å². The summed E-state index contributed by atoms with van der Waals surface area (Å²) >= 11 is 0. The third kappa shape index (κ3) is 4.26. The molecule has 0 spiro atoms. The summed E-state index contributed by atoms with van der Waals surface area (Å²) < 4.78 is 7.28. The second-order valence-corrected chi connectivity index (χ2v) is 15.3. The van der Waals surface area contributed by atoms with E-state index >= 15 is 0 Å². The summed E-state index contributed by atoms with van der Waals surface area (Å²) in [5, 5.41) is 10.2. The average Bonchev–Trinajstić information content (AvgIpc) is 4.01. The van der Waals surface area contributed by atoms with Gasteiger partial charge in [0, 0.05) is 54.5 Å². The summed E-state index contributed by atoms with van der Waals surface area (Å²) in [6.07, 6.45) is 0. The maximum atomic E-state index is 2.47. The zero-order valence-corrected chi connectivity index (χ0v) is 30.9. The van der Waals surface area contributed by atoms with Crippen LogP contribution in [0.3, 0.4) is 0 Å². The van der Waals surface area contributed by atoms with Crippen molar-refractivity contribution in [3.05, 3.63) is 200 Å². The highest BCUT2D eigenvalue weighted by Gasteiger charge is 2.19. The second-order valence-electron chi connectivity index (χ2n) is 15.3. The molecule has 57 heavy (non-hydrogen) atoms. The minimum atomic E-state index is 1.17. The van der Waals surface area contributed by atoms with Gasteiger partial charge in [-0.3, -0.25) is 0 Å². The van der Waals surface area contributed by atoms with E-state index in [0.717, 1.165) is 0 Å². The highest BCUT2D eigenvalue weighted by Crippen LogP contribution is 2.42.